The molecule has 122 valence electrons. The number of hydrazine groups is 1. The molecule has 1 saturated heterocycles. The van der Waals surface area contributed by atoms with Gasteiger partial charge in [-0.05, 0) is 61.2 Å². The average molecular weight is 310 g/mol. The zero-order valence-electron chi connectivity index (χ0n) is 14.3. The number of piperidine rings is 1. The Morgan fingerprint density at radius 1 is 1.09 bits per heavy atom. The molecule has 0 unspecified atom stereocenters. The van der Waals surface area contributed by atoms with E-state index in [4.69, 9.17) is 4.74 Å². The summed E-state index contributed by atoms with van der Waals surface area (Å²) in [6.45, 7) is 8.81. The van der Waals surface area contributed by atoms with Crippen LogP contribution in [0.15, 0.2) is 43.0 Å². The van der Waals surface area contributed by atoms with Crippen molar-refractivity contribution in [2.45, 2.75) is 45.2 Å². The van der Waals surface area contributed by atoms with Crippen LogP contribution in [0, 0.1) is 0 Å². The van der Waals surface area contributed by atoms with E-state index in [1.54, 1.807) is 7.11 Å². The molecule has 3 nitrogen and oxygen atoms in total. The third-order valence-electron chi connectivity index (χ3n) is 4.85. The van der Waals surface area contributed by atoms with Gasteiger partial charge in [0, 0.05) is 17.8 Å². The van der Waals surface area contributed by atoms with Gasteiger partial charge in [-0.15, -0.1) is 0 Å². The molecule has 0 radical (unpaired) electrons. The molecule has 1 aliphatic heterocycles. The lowest BCUT2D eigenvalue weighted by atomic mass is 9.99. The summed E-state index contributed by atoms with van der Waals surface area (Å²) >= 11 is 0. The molecule has 1 N–H and O–H groups in total. The summed E-state index contributed by atoms with van der Waals surface area (Å²) in [6.07, 6.45) is 3.79. The van der Waals surface area contributed by atoms with Crippen LogP contribution < -0.4 is 10.2 Å². The minimum Gasteiger partial charge on any atom is -0.497 e. The Labute approximate surface area is 138 Å². The number of methoxy groups -OCH3 is 1. The van der Waals surface area contributed by atoms with Crippen molar-refractivity contribution in [2.75, 3.05) is 7.11 Å². The Kier molecular flexibility index (Phi) is 4.58. The smallest absolute Gasteiger partial charge is 0.119 e. The number of benzene rings is 2. The van der Waals surface area contributed by atoms with Crippen LogP contribution in [0.1, 0.15) is 38.7 Å². The van der Waals surface area contributed by atoms with Crippen LogP contribution in [0.2, 0.25) is 0 Å². The number of hydrogen-bond acceptors (Lipinski definition) is 3. The highest BCUT2D eigenvalue weighted by Gasteiger charge is 2.25. The van der Waals surface area contributed by atoms with Gasteiger partial charge in [0.1, 0.15) is 5.75 Å². The quantitative estimate of drug-likeness (QED) is 0.894. The summed E-state index contributed by atoms with van der Waals surface area (Å²) in [5.74, 6) is 0.887. The maximum absolute atomic E-state index is 5.29. The first-order chi connectivity index (χ1) is 11.1. The molecule has 0 aromatic heterocycles. The molecule has 0 aliphatic carbocycles. The maximum Gasteiger partial charge on any atom is 0.119 e. The summed E-state index contributed by atoms with van der Waals surface area (Å²) in [5.41, 5.74) is 5.63. The summed E-state index contributed by atoms with van der Waals surface area (Å²) in [4.78, 5) is 0. The van der Waals surface area contributed by atoms with Crippen LogP contribution in [0.25, 0.3) is 16.5 Å². The number of fused-ring (bicyclic) bond motifs is 1. The number of ether oxygens (including phenoxy) is 1. The van der Waals surface area contributed by atoms with Crippen LogP contribution >= 0.6 is 0 Å². The first-order valence-corrected chi connectivity index (χ1v) is 8.40. The summed E-state index contributed by atoms with van der Waals surface area (Å²) in [5, 5.41) is 4.73. The van der Waals surface area contributed by atoms with Crippen molar-refractivity contribution in [2.24, 2.45) is 0 Å². The fourth-order valence-corrected chi connectivity index (χ4v) is 3.40. The van der Waals surface area contributed by atoms with Gasteiger partial charge in [0.2, 0.25) is 0 Å². The number of nitrogens with one attached hydrogen (secondary N) is 1. The highest BCUT2D eigenvalue weighted by molar-refractivity contribution is 5.87. The molecule has 0 spiro atoms. The van der Waals surface area contributed by atoms with E-state index in [0.717, 1.165) is 17.0 Å². The first-order valence-electron chi connectivity index (χ1n) is 8.40. The molecule has 3 rings (SSSR count). The molecule has 2 aromatic carbocycles. The topological polar surface area (TPSA) is 24.5 Å². The molecule has 3 heteroatoms. The van der Waals surface area contributed by atoms with Gasteiger partial charge in [-0.2, -0.15) is 0 Å². The third-order valence-corrected chi connectivity index (χ3v) is 4.85. The van der Waals surface area contributed by atoms with Gasteiger partial charge in [-0.1, -0.05) is 31.2 Å². The molecule has 0 saturated carbocycles. The van der Waals surface area contributed by atoms with Gasteiger partial charge in [0.25, 0.3) is 0 Å². The minimum atomic E-state index is 0.542. The molecule has 2 atom stereocenters. The summed E-state index contributed by atoms with van der Waals surface area (Å²) in [6, 6.07) is 13.7. The standard InChI is InChI=1S/C20H26N2O/c1-14-6-5-7-15(2)22(14)21-16(3)17-8-9-19-13-20(23-4)11-10-18(19)12-17/h8-15,21H,3,5-7H2,1-2,4H3/t14-,15+. The van der Waals surface area contributed by atoms with Crippen LogP contribution in [0.5, 0.6) is 5.75 Å². The van der Waals surface area contributed by atoms with Crippen LogP contribution in [0.4, 0.5) is 0 Å². The van der Waals surface area contributed by atoms with Crippen molar-refractivity contribution in [3.63, 3.8) is 0 Å². The van der Waals surface area contributed by atoms with E-state index in [1.807, 2.05) is 6.07 Å². The van der Waals surface area contributed by atoms with Gasteiger partial charge in [-0.3, -0.25) is 0 Å². The van der Waals surface area contributed by atoms with E-state index >= 15 is 0 Å². The lowest BCUT2D eigenvalue weighted by Crippen LogP contribution is -2.51. The van der Waals surface area contributed by atoms with Gasteiger partial charge in [0.15, 0.2) is 0 Å². The normalized spacial score (nSPS) is 22.0. The summed E-state index contributed by atoms with van der Waals surface area (Å²) in [7, 11) is 1.70. The number of rotatable bonds is 4. The molecule has 0 bridgehead atoms. The van der Waals surface area contributed by atoms with Crippen LogP contribution in [-0.2, 0) is 0 Å². The Hall–Kier alpha value is -2.00. The predicted molar refractivity (Wildman–Crippen MR) is 97.3 cm³/mol. The predicted octanol–water partition coefficient (Wildman–Crippen LogP) is 4.59. The molecule has 1 aliphatic rings. The fourth-order valence-electron chi connectivity index (χ4n) is 3.40. The Balaban J connectivity index is 1.80. The fraction of sp³-hybridized carbons (Fsp3) is 0.400. The molecular formula is C20H26N2O. The minimum absolute atomic E-state index is 0.542. The molecular weight excluding hydrogens is 284 g/mol. The van der Waals surface area contributed by atoms with Crippen molar-refractivity contribution in [3.05, 3.63) is 48.5 Å². The number of nitrogens with zero attached hydrogens (tertiary/aromatic N) is 1. The van der Waals surface area contributed by atoms with Crippen molar-refractivity contribution in [3.8, 4) is 5.75 Å². The van der Waals surface area contributed by atoms with Crippen molar-refractivity contribution in [1.29, 1.82) is 0 Å². The Morgan fingerprint density at radius 3 is 2.43 bits per heavy atom. The maximum atomic E-state index is 5.29. The molecule has 2 aromatic rings. The SMILES string of the molecule is C=C(NN1[C@H](C)CCC[C@@H]1C)c1ccc2cc(OC)ccc2c1. The van der Waals surface area contributed by atoms with Gasteiger partial charge in [0.05, 0.1) is 7.11 Å². The second kappa shape index (κ2) is 6.63. The summed E-state index contributed by atoms with van der Waals surface area (Å²) < 4.78 is 5.29. The van der Waals surface area contributed by atoms with Crippen molar-refractivity contribution in [1.82, 2.24) is 10.4 Å². The second-order valence-corrected chi connectivity index (χ2v) is 6.55. The van der Waals surface area contributed by atoms with Crippen LogP contribution in [0.3, 0.4) is 0 Å². The van der Waals surface area contributed by atoms with E-state index in [-0.39, 0.29) is 0 Å². The van der Waals surface area contributed by atoms with E-state index in [9.17, 15) is 0 Å². The highest BCUT2D eigenvalue weighted by Crippen LogP contribution is 2.26. The molecule has 1 heterocycles. The van der Waals surface area contributed by atoms with E-state index in [1.165, 1.54) is 30.0 Å². The Bertz CT molecular complexity index is 700. The second-order valence-electron chi connectivity index (χ2n) is 6.55. The van der Waals surface area contributed by atoms with E-state index in [2.05, 4.69) is 61.2 Å². The first kappa shape index (κ1) is 15.9. The average Bonchev–Trinajstić information content (AvgIpc) is 2.57. The van der Waals surface area contributed by atoms with Gasteiger partial charge < -0.3 is 10.2 Å². The van der Waals surface area contributed by atoms with Gasteiger partial charge >= 0.3 is 0 Å². The van der Waals surface area contributed by atoms with E-state index < -0.39 is 0 Å². The Morgan fingerprint density at radius 2 is 1.74 bits per heavy atom. The highest BCUT2D eigenvalue weighted by atomic mass is 16.5. The van der Waals surface area contributed by atoms with Gasteiger partial charge in [-0.25, -0.2) is 5.01 Å². The molecule has 1 fully saturated rings. The van der Waals surface area contributed by atoms with E-state index in [0.29, 0.717) is 12.1 Å². The largest absolute Gasteiger partial charge is 0.497 e. The zero-order valence-corrected chi connectivity index (χ0v) is 14.3. The number of hydrogen-bond donors (Lipinski definition) is 1. The molecule has 23 heavy (non-hydrogen) atoms. The van der Waals surface area contributed by atoms with Crippen molar-refractivity contribution >= 4 is 16.5 Å². The van der Waals surface area contributed by atoms with Crippen LogP contribution in [-0.4, -0.2) is 24.2 Å². The zero-order chi connectivity index (χ0) is 16.4. The monoisotopic (exact) mass is 310 g/mol. The lowest BCUT2D eigenvalue weighted by molar-refractivity contribution is 0.0701. The third kappa shape index (κ3) is 3.35. The lowest BCUT2D eigenvalue weighted by Gasteiger charge is -2.40. The van der Waals surface area contributed by atoms with Crippen molar-refractivity contribution < 1.29 is 4.74 Å². The molecule has 0 amide bonds.